The van der Waals surface area contributed by atoms with E-state index in [-0.39, 0.29) is 22.1 Å². The van der Waals surface area contributed by atoms with Gasteiger partial charge in [0.1, 0.15) is 5.82 Å². The zero-order valence-corrected chi connectivity index (χ0v) is 12.9. The Hall–Kier alpha value is -3.19. The van der Waals surface area contributed by atoms with Crippen molar-refractivity contribution in [1.82, 2.24) is 14.8 Å². The fourth-order valence-corrected chi connectivity index (χ4v) is 2.28. The van der Waals surface area contributed by atoms with Crippen LogP contribution in [0.2, 0.25) is 5.02 Å². The number of rotatable bonds is 4. The summed E-state index contributed by atoms with van der Waals surface area (Å²) in [6.07, 6.45) is 1.54. The van der Waals surface area contributed by atoms with Gasteiger partial charge in [-0.05, 0) is 24.3 Å². The van der Waals surface area contributed by atoms with Crippen LogP contribution in [0.3, 0.4) is 0 Å². The molecule has 0 bridgehead atoms. The molecule has 3 aromatic rings. The Morgan fingerprint density at radius 1 is 1.12 bits per heavy atom. The molecule has 0 atom stereocenters. The fourth-order valence-electron chi connectivity index (χ4n) is 2.06. The minimum absolute atomic E-state index is 0.177. The Balaban J connectivity index is 2.00. The summed E-state index contributed by atoms with van der Waals surface area (Å²) in [5.41, 5.74) is 0.0555. The Morgan fingerprint density at radius 2 is 1.88 bits per heavy atom. The number of nitrogens with zero attached hydrogens (tertiary/aromatic N) is 3. The molecule has 0 aliphatic heterocycles. The van der Waals surface area contributed by atoms with Gasteiger partial charge in [-0.25, -0.2) is 9.78 Å². The molecular weight excluding hydrogens is 332 g/mol. The Morgan fingerprint density at radius 3 is 2.54 bits per heavy atom. The lowest BCUT2D eigenvalue weighted by molar-refractivity contribution is 0.0689. The van der Waals surface area contributed by atoms with Gasteiger partial charge < -0.3 is 10.4 Å². The van der Waals surface area contributed by atoms with Crippen LogP contribution in [0.25, 0.3) is 5.82 Å². The summed E-state index contributed by atoms with van der Waals surface area (Å²) in [5.74, 6) is -1.14. The SMILES string of the molecule is O=C(O)c1cc(NC(=O)c2ccccc2Cl)n(-c2ccccn2)n1. The predicted molar refractivity (Wildman–Crippen MR) is 87.7 cm³/mol. The molecule has 3 rings (SSSR count). The standard InChI is InChI=1S/C16H11ClN4O3/c17-11-6-2-1-5-10(11)15(22)19-14-9-12(16(23)24)20-21(14)13-7-3-4-8-18-13/h1-9H,(H,19,22)(H,23,24). The van der Waals surface area contributed by atoms with Crippen LogP contribution >= 0.6 is 11.6 Å². The minimum atomic E-state index is -1.21. The summed E-state index contributed by atoms with van der Waals surface area (Å²) < 4.78 is 1.25. The number of aromatic nitrogens is 3. The molecule has 2 heterocycles. The molecule has 0 spiro atoms. The van der Waals surface area contributed by atoms with E-state index in [1.807, 2.05) is 0 Å². The maximum atomic E-state index is 12.4. The second-order valence-corrected chi connectivity index (χ2v) is 5.16. The van der Waals surface area contributed by atoms with Crippen LogP contribution in [0.15, 0.2) is 54.7 Å². The average Bonchev–Trinajstić information content (AvgIpc) is 3.00. The van der Waals surface area contributed by atoms with Crippen molar-refractivity contribution in [3.63, 3.8) is 0 Å². The second kappa shape index (κ2) is 6.51. The number of hydrogen-bond donors (Lipinski definition) is 2. The first-order valence-corrected chi connectivity index (χ1v) is 7.24. The van der Waals surface area contributed by atoms with Gasteiger partial charge in [-0.3, -0.25) is 4.79 Å². The smallest absolute Gasteiger partial charge is 0.356 e. The van der Waals surface area contributed by atoms with E-state index in [4.69, 9.17) is 16.7 Å². The van der Waals surface area contributed by atoms with Gasteiger partial charge >= 0.3 is 5.97 Å². The summed E-state index contributed by atoms with van der Waals surface area (Å²) >= 11 is 6.01. The summed E-state index contributed by atoms with van der Waals surface area (Å²) in [7, 11) is 0. The van der Waals surface area contributed by atoms with Gasteiger partial charge in [0.2, 0.25) is 0 Å². The zero-order valence-electron chi connectivity index (χ0n) is 12.2. The van der Waals surface area contributed by atoms with Crippen molar-refractivity contribution in [3.05, 3.63) is 71.0 Å². The zero-order chi connectivity index (χ0) is 17.1. The normalized spacial score (nSPS) is 10.4. The molecule has 0 unspecified atom stereocenters. The van der Waals surface area contributed by atoms with Crippen LogP contribution in [0.5, 0.6) is 0 Å². The number of carbonyl (C=O) groups is 2. The van der Waals surface area contributed by atoms with Crippen molar-refractivity contribution in [2.75, 3.05) is 5.32 Å². The van der Waals surface area contributed by atoms with E-state index in [1.165, 1.54) is 16.9 Å². The molecule has 2 aromatic heterocycles. The summed E-state index contributed by atoms with van der Waals surface area (Å²) in [4.78, 5) is 27.7. The largest absolute Gasteiger partial charge is 0.476 e. The van der Waals surface area contributed by atoms with Gasteiger partial charge in [-0.1, -0.05) is 29.8 Å². The highest BCUT2D eigenvalue weighted by atomic mass is 35.5. The fraction of sp³-hybridized carbons (Fsp3) is 0. The molecule has 0 saturated heterocycles. The van der Waals surface area contributed by atoms with E-state index >= 15 is 0 Å². The number of anilines is 1. The Labute approximate surface area is 141 Å². The number of nitrogens with one attached hydrogen (secondary N) is 1. The van der Waals surface area contributed by atoms with E-state index in [1.54, 1.807) is 42.5 Å². The number of carbonyl (C=O) groups excluding carboxylic acids is 1. The summed E-state index contributed by atoms with van der Waals surface area (Å²) in [5, 5.41) is 16.0. The third kappa shape index (κ3) is 3.11. The lowest BCUT2D eigenvalue weighted by atomic mass is 10.2. The first-order chi connectivity index (χ1) is 11.6. The van der Waals surface area contributed by atoms with Crippen molar-refractivity contribution < 1.29 is 14.7 Å². The average molecular weight is 343 g/mol. The van der Waals surface area contributed by atoms with Crippen LogP contribution in [-0.2, 0) is 0 Å². The number of benzene rings is 1. The van der Waals surface area contributed by atoms with Gasteiger partial charge in [-0.2, -0.15) is 9.78 Å². The molecule has 1 aromatic carbocycles. The number of aromatic carboxylic acids is 1. The predicted octanol–water partition coefficient (Wildman–Crippen LogP) is 2.87. The molecule has 2 N–H and O–H groups in total. The molecule has 0 saturated carbocycles. The van der Waals surface area contributed by atoms with Crippen LogP contribution in [0, 0.1) is 0 Å². The van der Waals surface area contributed by atoms with E-state index in [2.05, 4.69) is 15.4 Å². The maximum Gasteiger partial charge on any atom is 0.356 e. The number of pyridine rings is 1. The van der Waals surface area contributed by atoms with Crippen molar-refractivity contribution in [2.24, 2.45) is 0 Å². The Bertz CT molecular complexity index is 909. The first-order valence-electron chi connectivity index (χ1n) is 6.87. The van der Waals surface area contributed by atoms with Crippen molar-refractivity contribution in [3.8, 4) is 5.82 Å². The highest BCUT2D eigenvalue weighted by Crippen LogP contribution is 2.20. The third-order valence-corrected chi connectivity index (χ3v) is 3.48. The molecule has 1 amide bonds. The number of carboxylic acids is 1. The van der Waals surface area contributed by atoms with Gasteiger partial charge in [0.05, 0.1) is 10.6 Å². The number of amides is 1. The summed E-state index contributed by atoms with van der Waals surface area (Å²) in [6.45, 7) is 0. The number of halogens is 1. The molecule has 0 aliphatic rings. The van der Waals surface area contributed by atoms with E-state index in [0.717, 1.165) is 0 Å². The first kappa shape index (κ1) is 15.7. The quantitative estimate of drug-likeness (QED) is 0.759. The van der Waals surface area contributed by atoms with E-state index < -0.39 is 11.9 Å². The highest BCUT2D eigenvalue weighted by molar-refractivity contribution is 6.34. The van der Waals surface area contributed by atoms with Gasteiger partial charge in [0.25, 0.3) is 5.91 Å². The van der Waals surface area contributed by atoms with Crippen molar-refractivity contribution >= 4 is 29.3 Å². The van der Waals surface area contributed by atoms with Crippen LogP contribution < -0.4 is 5.32 Å². The van der Waals surface area contributed by atoms with Crippen LogP contribution in [-0.4, -0.2) is 31.7 Å². The van der Waals surface area contributed by atoms with Gasteiger partial charge in [-0.15, -0.1) is 0 Å². The molecule has 24 heavy (non-hydrogen) atoms. The molecule has 7 nitrogen and oxygen atoms in total. The minimum Gasteiger partial charge on any atom is -0.476 e. The van der Waals surface area contributed by atoms with Crippen LogP contribution in [0.1, 0.15) is 20.8 Å². The number of hydrogen-bond acceptors (Lipinski definition) is 4. The Kier molecular flexibility index (Phi) is 4.26. The van der Waals surface area contributed by atoms with Crippen molar-refractivity contribution in [2.45, 2.75) is 0 Å². The summed E-state index contributed by atoms with van der Waals surface area (Å²) in [6, 6.07) is 12.9. The van der Waals surface area contributed by atoms with Gasteiger partial charge in [0.15, 0.2) is 11.5 Å². The van der Waals surface area contributed by atoms with Crippen LogP contribution in [0.4, 0.5) is 5.82 Å². The molecule has 120 valence electrons. The molecule has 0 fully saturated rings. The van der Waals surface area contributed by atoms with E-state index in [0.29, 0.717) is 5.82 Å². The molecule has 8 heteroatoms. The topological polar surface area (TPSA) is 97.1 Å². The lowest BCUT2D eigenvalue weighted by Gasteiger charge is -2.08. The number of carboxylic acid groups (broad SMARTS) is 1. The molecular formula is C16H11ClN4O3. The van der Waals surface area contributed by atoms with Gasteiger partial charge in [0, 0.05) is 12.3 Å². The molecule has 0 aliphatic carbocycles. The second-order valence-electron chi connectivity index (χ2n) is 4.75. The highest BCUT2D eigenvalue weighted by Gasteiger charge is 2.18. The molecule has 0 radical (unpaired) electrons. The lowest BCUT2D eigenvalue weighted by Crippen LogP contribution is -2.16. The third-order valence-electron chi connectivity index (χ3n) is 3.15. The monoisotopic (exact) mass is 342 g/mol. The maximum absolute atomic E-state index is 12.4. The van der Waals surface area contributed by atoms with Crippen molar-refractivity contribution in [1.29, 1.82) is 0 Å². The van der Waals surface area contributed by atoms with E-state index in [9.17, 15) is 9.59 Å².